The van der Waals surface area contributed by atoms with Gasteiger partial charge in [-0.1, -0.05) is 0 Å². The fourth-order valence-electron chi connectivity index (χ4n) is 2.22. The van der Waals surface area contributed by atoms with Crippen molar-refractivity contribution in [3.8, 4) is 0 Å². The first-order valence-electron chi connectivity index (χ1n) is 7.17. The molecule has 0 amide bonds. The Morgan fingerprint density at radius 2 is 1.89 bits per heavy atom. The Morgan fingerprint density at radius 3 is 2.44 bits per heavy atom. The number of ether oxygens (including phenoxy) is 1. The highest BCUT2D eigenvalue weighted by Crippen LogP contribution is 2.17. The van der Waals surface area contributed by atoms with Gasteiger partial charge in [0.15, 0.2) is 0 Å². The number of piperidine rings is 1. The monoisotopic (exact) mass is 258 g/mol. The Hall–Kier alpha value is -0.160. The lowest BCUT2D eigenvalue weighted by Crippen LogP contribution is -2.43. The maximum atomic E-state index is 8.62. The van der Waals surface area contributed by atoms with Gasteiger partial charge in [0.2, 0.25) is 0 Å². The summed E-state index contributed by atoms with van der Waals surface area (Å²) in [7, 11) is 0. The van der Waals surface area contributed by atoms with Crippen LogP contribution in [0.3, 0.4) is 0 Å². The lowest BCUT2D eigenvalue weighted by Gasteiger charge is -2.33. The quantitative estimate of drug-likeness (QED) is 0.671. The third kappa shape index (κ3) is 7.31. The topological polar surface area (TPSA) is 44.7 Å². The minimum atomic E-state index is 0.126. The van der Waals surface area contributed by atoms with Crippen molar-refractivity contribution >= 4 is 0 Å². The number of rotatable bonds is 7. The zero-order chi connectivity index (χ0) is 13.4. The van der Waals surface area contributed by atoms with Crippen LogP contribution in [0.25, 0.3) is 0 Å². The summed E-state index contributed by atoms with van der Waals surface area (Å²) in [5, 5.41) is 12.2. The second-order valence-corrected chi connectivity index (χ2v) is 6.25. The predicted molar refractivity (Wildman–Crippen MR) is 74.8 cm³/mol. The van der Waals surface area contributed by atoms with Gasteiger partial charge >= 0.3 is 0 Å². The number of nitrogens with zero attached hydrogens (tertiary/aromatic N) is 1. The van der Waals surface area contributed by atoms with Gasteiger partial charge in [-0.25, -0.2) is 0 Å². The van der Waals surface area contributed by atoms with Crippen molar-refractivity contribution in [3.63, 3.8) is 0 Å². The SMILES string of the molecule is CC(C)(C)NCC1CCN(CCOCCO)CC1. The van der Waals surface area contributed by atoms with E-state index in [1.54, 1.807) is 0 Å². The van der Waals surface area contributed by atoms with Crippen molar-refractivity contribution in [1.82, 2.24) is 10.2 Å². The predicted octanol–water partition coefficient (Wildman–Crippen LogP) is 1.10. The van der Waals surface area contributed by atoms with E-state index in [0.717, 1.165) is 25.6 Å². The van der Waals surface area contributed by atoms with E-state index in [0.29, 0.717) is 6.61 Å². The van der Waals surface area contributed by atoms with Gasteiger partial charge in [0, 0.05) is 12.1 Å². The molecule has 0 radical (unpaired) electrons. The van der Waals surface area contributed by atoms with Gasteiger partial charge < -0.3 is 20.1 Å². The molecule has 1 rings (SSSR count). The first-order chi connectivity index (χ1) is 8.51. The summed E-state index contributed by atoms with van der Waals surface area (Å²) in [5.41, 5.74) is 0.231. The Kier molecular flexibility index (Phi) is 7.15. The first kappa shape index (κ1) is 15.9. The fraction of sp³-hybridized carbons (Fsp3) is 1.00. The summed E-state index contributed by atoms with van der Waals surface area (Å²) in [4.78, 5) is 2.46. The molecule has 2 N–H and O–H groups in total. The Balaban J connectivity index is 2.05. The molecule has 4 nitrogen and oxygen atoms in total. The van der Waals surface area contributed by atoms with E-state index in [2.05, 4.69) is 31.0 Å². The summed E-state index contributed by atoms with van der Waals surface area (Å²) < 4.78 is 5.30. The van der Waals surface area contributed by atoms with Crippen molar-refractivity contribution in [2.75, 3.05) is 46.0 Å². The van der Waals surface area contributed by atoms with Crippen molar-refractivity contribution in [3.05, 3.63) is 0 Å². The molecule has 0 unspecified atom stereocenters. The Morgan fingerprint density at radius 1 is 1.22 bits per heavy atom. The Labute approximate surface area is 112 Å². The zero-order valence-corrected chi connectivity index (χ0v) is 12.2. The van der Waals surface area contributed by atoms with Crippen LogP contribution in [0.2, 0.25) is 0 Å². The molecule has 0 aliphatic carbocycles. The molecule has 108 valence electrons. The number of hydrogen-bond donors (Lipinski definition) is 2. The molecule has 18 heavy (non-hydrogen) atoms. The van der Waals surface area contributed by atoms with Crippen LogP contribution in [0.15, 0.2) is 0 Å². The Bertz CT molecular complexity index is 208. The molecule has 1 heterocycles. The zero-order valence-electron chi connectivity index (χ0n) is 12.2. The molecule has 0 saturated carbocycles. The lowest BCUT2D eigenvalue weighted by molar-refractivity contribution is 0.0645. The summed E-state index contributed by atoms with van der Waals surface area (Å²) in [6, 6.07) is 0. The highest BCUT2D eigenvalue weighted by molar-refractivity contribution is 4.77. The van der Waals surface area contributed by atoms with Crippen LogP contribution in [-0.4, -0.2) is 61.5 Å². The van der Waals surface area contributed by atoms with Crippen molar-refractivity contribution in [2.24, 2.45) is 5.92 Å². The number of nitrogens with one attached hydrogen (secondary N) is 1. The van der Waals surface area contributed by atoms with Gasteiger partial charge in [-0.3, -0.25) is 0 Å². The number of likely N-dealkylation sites (tertiary alicyclic amines) is 1. The number of hydrogen-bond acceptors (Lipinski definition) is 4. The van der Waals surface area contributed by atoms with Gasteiger partial charge in [-0.2, -0.15) is 0 Å². The molecular weight excluding hydrogens is 228 g/mol. The third-order valence-corrected chi connectivity index (χ3v) is 3.42. The summed E-state index contributed by atoms with van der Waals surface area (Å²) in [6.45, 7) is 12.5. The van der Waals surface area contributed by atoms with Gasteiger partial charge in [0.05, 0.1) is 19.8 Å². The van der Waals surface area contributed by atoms with E-state index in [1.807, 2.05) is 0 Å². The molecule has 0 aromatic rings. The van der Waals surface area contributed by atoms with Crippen LogP contribution in [0, 0.1) is 5.92 Å². The molecule has 1 saturated heterocycles. The summed E-state index contributed by atoms with van der Waals surface area (Å²) in [6.07, 6.45) is 2.56. The van der Waals surface area contributed by atoms with Crippen LogP contribution in [0.4, 0.5) is 0 Å². The van der Waals surface area contributed by atoms with Gasteiger partial charge in [0.1, 0.15) is 0 Å². The van der Waals surface area contributed by atoms with Crippen molar-refractivity contribution in [2.45, 2.75) is 39.2 Å². The van der Waals surface area contributed by atoms with Crippen LogP contribution in [0.5, 0.6) is 0 Å². The molecule has 0 aromatic carbocycles. The van der Waals surface area contributed by atoms with Gasteiger partial charge in [-0.05, 0) is 59.2 Å². The highest BCUT2D eigenvalue weighted by Gasteiger charge is 2.20. The first-order valence-corrected chi connectivity index (χ1v) is 7.17. The number of aliphatic hydroxyl groups excluding tert-OH is 1. The fourth-order valence-corrected chi connectivity index (χ4v) is 2.22. The molecule has 0 spiro atoms. The molecule has 1 fully saturated rings. The van der Waals surface area contributed by atoms with Gasteiger partial charge in [-0.15, -0.1) is 0 Å². The molecular formula is C14H30N2O2. The van der Waals surface area contributed by atoms with E-state index in [1.165, 1.54) is 25.9 Å². The average Bonchev–Trinajstić information content (AvgIpc) is 2.33. The van der Waals surface area contributed by atoms with E-state index >= 15 is 0 Å². The third-order valence-electron chi connectivity index (χ3n) is 3.42. The highest BCUT2D eigenvalue weighted by atomic mass is 16.5. The van der Waals surface area contributed by atoms with E-state index in [4.69, 9.17) is 9.84 Å². The second kappa shape index (κ2) is 8.10. The van der Waals surface area contributed by atoms with Crippen LogP contribution in [-0.2, 0) is 4.74 Å². The lowest BCUT2D eigenvalue weighted by atomic mass is 9.95. The average molecular weight is 258 g/mol. The minimum absolute atomic E-state index is 0.126. The van der Waals surface area contributed by atoms with E-state index < -0.39 is 0 Å². The minimum Gasteiger partial charge on any atom is -0.394 e. The summed E-state index contributed by atoms with van der Waals surface area (Å²) >= 11 is 0. The van der Waals surface area contributed by atoms with Crippen molar-refractivity contribution < 1.29 is 9.84 Å². The number of aliphatic hydroxyl groups is 1. The van der Waals surface area contributed by atoms with Crippen LogP contribution < -0.4 is 5.32 Å². The van der Waals surface area contributed by atoms with Crippen molar-refractivity contribution in [1.29, 1.82) is 0 Å². The smallest absolute Gasteiger partial charge is 0.0698 e. The van der Waals surface area contributed by atoms with Crippen LogP contribution >= 0.6 is 0 Å². The second-order valence-electron chi connectivity index (χ2n) is 6.25. The van der Waals surface area contributed by atoms with E-state index in [9.17, 15) is 0 Å². The maximum absolute atomic E-state index is 8.62. The molecule has 0 atom stereocenters. The van der Waals surface area contributed by atoms with E-state index in [-0.39, 0.29) is 12.1 Å². The summed E-state index contributed by atoms with van der Waals surface area (Å²) in [5.74, 6) is 0.818. The molecule has 4 heteroatoms. The largest absolute Gasteiger partial charge is 0.394 e. The normalized spacial score (nSPS) is 19.3. The molecule has 0 bridgehead atoms. The molecule has 0 aromatic heterocycles. The molecule has 1 aliphatic heterocycles. The maximum Gasteiger partial charge on any atom is 0.0698 e. The van der Waals surface area contributed by atoms with Crippen LogP contribution in [0.1, 0.15) is 33.6 Å². The van der Waals surface area contributed by atoms with Gasteiger partial charge in [0.25, 0.3) is 0 Å². The molecule has 1 aliphatic rings. The standard InChI is InChI=1S/C14H30N2O2/c1-14(2,3)15-12-13-4-6-16(7-5-13)8-10-18-11-9-17/h13,15,17H,4-12H2,1-3H3.